The largest absolute Gasteiger partial charge is 0.359 e. The van der Waals surface area contributed by atoms with Crippen molar-refractivity contribution in [3.63, 3.8) is 0 Å². The summed E-state index contributed by atoms with van der Waals surface area (Å²) in [6.07, 6.45) is 33.6. The van der Waals surface area contributed by atoms with Gasteiger partial charge in [0.2, 0.25) is 0 Å². The van der Waals surface area contributed by atoms with E-state index in [4.69, 9.17) is 4.74 Å². The van der Waals surface area contributed by atoms with Crippen LogP contribution in [0.5, 0.6) is 0 Å². The third-order valence-electron chi connectivity index (χ3n) is 9.29. The van der Waals surface area contributed by atoms with Gasteiger partial charge in [0.1, 0.15) is 0 Å². The van der Waals surface area contributed by atoms with Crippen molar-refractivity contribution in [1.82, 2.24) is 0 Å². The zero-order chi connectivity index (χ0) is 30.3. The summed E-state index contributed by atoms with van der Waals surface area (Å²) in [4.78, 5) is 0. The molecule has 222 valence electrons. The molecule has 1 nitrogen and oxygen atoms in total. The maximum absolute atomic E-state index is 6.56. The number of fused-ring (bicyclic) bond motifs is 1. The Hall–Kier alpha value is -2.60. The fourth-order valence-electron chi connectivity index (χ4n) is 6.76. The van der Waals surface area contributed by atoms with Crippen LogP contribution in [0.15, 0.2) is 112 Å². The SMILES string of the molecule is C\C(C=C=C1C(C)CCCC1(C)C)=C/C=C/C(C)=C/C=C/C=C(C)/C=C/C=C(\C)C1C=C2C(C)(C)CCCC2(C)O1. The van der Waals surface area contributed by atoms with E-state index in [-0.39, 0.29) is 22.5 Å². The van der Waals surface area contributed by atoms with Gasteiger partial charge in [-0.1, -0.05) is 113 Å². The fraction of sp³-hybridized carbons (Fsp3) is 0.525. The summed E-state index contributed by atoms with van der Waals surface area (Å²) in [5.41, 5.74) is 11.9. The molecule has 1 heterocycles. The predicted molar refractivity (Wildman–Crippen MR) is 180 cm³/mol. The van der Waals surface area contributed by atoms with E-state index >= 15 is 0 Å². The van der Waals surface area contributed by atoms with Crippen LogP contribution in [0.25, 0.3) is 0 Å². The average Bonchev–Trinajstić information content (AvgIpc) is 3.25. The first kappa shape index (κ1) is 32.9. The third-order valence-corrected chi connectivity index (χ3v) is 9.29. The van der Waals surface area contributed by atoms with Gasteiger partial charge in [0, 0.05) is 0 Å². The van der Waals surface area contributed by atoms with E-state index in [1.165, 1.54) is 65.5 Å². The Morgan fingerprint density at radius 1 is 0.756 bits per heavy atom. The van der Waals surface area contributed by atoms with E-state index in [9.17, 15) is 0 Å². The van der Waals surface area contributed by atoms with Gasteiger partial charge >= 0.3 is 0 Å². The number of allylic oxidation sites excluding steroid dienone is 14. The average molecular weight is 553 g/mol. The Morgan fingerprint density at radius 3 is 1.95 bits per heavy atom. The molecule has 3 unspecified atom stereocenters. The molecule has 0 aromatic heterocycles. The quantitative estimate of drug-likeness (QED) is 0.165. The number of hydrogen-bond acceptors (Lipinski definition) is 1. The van der Waals surface area contributed by atoms with E-state index in [1.807, 2.05) is 0 Å². The Balaban J connectivity index is 1.53. The molecular weight excluding hydrogens is 496 g/mol. The van der Waals surface area contributed by atoms with Crippen molar-refractivity contribution in [2.75, 3.05) is 0 Å². The van der Waals surface area contributed by atoms with E-state index in [0.717, 1.165) is 6.42 Å². The van der Waals surface area contributed by atoms with Crippen LogP contribution < -0.4 is 0 Å². The zero-order valence-corrected chi connectivity index (χ0v) is 27.7. The minimum atomic E-state index is -0.0958. The van der Waals surface area contributed by atoms with Gasteiger partial charge in [0.25, 0.3) is 0 Å². The lowest BCUT2D eigenvalue weighted by Crippen LogP contribution is -2.39. The smallest absolute Gasteiger partial charge is 0.0982 e. The highest BCUT2D eigenvalue weighted by molar-refractivity contribution is 5.37. The molecule has 0 bridgehead atoms. The van der Waals surface area contributed by atoms with Crippen molar-refractivity contribution in [1.29, 1.82) is 0 Å². The second-order valence-electron chi connectivity index (χ2n) is 14.2. The van der Waals surface area contributed by atoms with Gasteiger partial charge in [-0.15, -0.1) is 5.73 Å². The molecule has 3 rings (SSSR count). The molecule has 1 heteroatoms. The first-order chi connectivity index (χ1) is 19.2. The van der Waals surface area contributed by atoms with Gasteiger partial charge < -0.3 is 4.74 Å². The molecule has 0 radical (unpaired) electrons. The molecule has 3 atom stereocenters. The monoisotopic (exact) mass is 552 g/mol. The van der Waals surface area contributed by atoms with Crippen LogP contribution in [0.2, 0.25) is 0 Å². The van der Waals surface area contributed by atoms with Crippen molar-refractivity contribution >= 4 is 0 Å². The summed E-state index contributed by atoms with van der Waals surface area (Å²) in [5.74, 6) is 0.634. The molecule has 41 heavy (non-hydrogen) atoms. The standard InChI is InChI=1S/C40H56O/c1-30(19-13-20-32(3)24-25-35-33(4)23-15-26-38(35,6)7)17-11-12-18-31(2)21-14-22-34(5)36-29-37-39(8,9)27-16-28-40(37,10)41-36/h11-14,17-22,24,29,33,36H,15-16,23,26-28H2,1-10H3/b12-11+,19-13+,21-14+,30-17+,31-18+,32-20+,34-22+. The topological polar surface area (TPSA) is 9.23 Å². The van der Waals surface area contributed by atoms with Crippen molar-refractivity contribution in [3.8, 4) is 0 Å². The molecule has 1 aliphatic heterocycles. The van der Waals surface area contributed by atoms with Gasteiger partial charge in [-0.3, -0.25) is 0 Å². The second kappa shape index (κ2) is 14.0. The van der Waals surface area contributed by atoms with Crippen molar-refractivity contribution in [2.24, 2.45) is 16.7 Å². The van der Waals surface area contributed by atoms with E-state index in [0.29, 0.717) is 5.92 Å². The van der Waals surface area contributed by atoms with Gasteiger partial charge in [-0.05, 0) is 118 Å². The minimum Gasteiger partial charge on any atom is -0.359 e. The van der Waals surface area contributed by atoms with Crippen LogP contribution in [0, 0.1) is 16.7 Å². The lowest BCUT2D eigenvalue weighted by atomic mass is 9.67. The summed E-state index contributed by atoms with van der Waals surface area (Å²) in [5, 5.41) is 0. The Kier molecular flexibility index (Phi) is 11.3. The van der Waals surface area contributed by atoms with Crippen LogP contribution in [-0.2, 0) is 4.74 Å². The van der Waals surface area contributed by atoms with Crippen LogP contribution in [0.4, 0.5) is 0 Å². The fourth-order valence-corrected chi connectivity index (χ4v) is 6.76. The Labute approximate surface area is 252 Å². The maximum atomic E-state index is 6.56. The summed E-state index contributed by atoms with van der Waals surface area (Å²) in [6.45, 7) is 22.7. The van der Waals surface area contributed by atoms with Crippen LogP contribution in [0.3, 0.4) is 0 Å². The summed E-state index contributed by atoms with van der Waals surface area (Å²) in [6, 6.07) is 0. The van der Waals surface area contributed by atoms with Gasteiger partial charge in [0.15, 0.2) is 0 Å². The summed E-state index contributed by atoms with van der Waals surface area (Å²) >= 11 is 0. The zero-order valence-electron chi connectivity index (χ0n) is 27.7. The molecule has 2 fully saturated rings. The molecule has 3 aliphatic rings. The summed E-state index contributed by atoms with van der Waals surface area (Å²) in [7, 11) is 0. The van der Waals surface area contributed by atoms with Gasteiger partial charge in [0.05, 0.1) is 11.7 Å². The molecule has 2 saturated carbocycles. The van der Waals surface area contributed by atoms with Crippen LogP contribution >= 0.6 is 0 Å². The Bertz CT molecular complexity index is 1260. The highest BCUT2D eigenvalue weighted by atomic mass is 16.5. The molecule has 0 amide bonds. The van der Waals surface area contributed by atoms with Crippen LogP contribution in [0.1, 0.15) is 108 Å². The number of ether oxygens (including phenoxy) is 1. The number of rotatable bonds is 8. The lowest BCUT2D eigenvalue weighted by molar-refractivity contribution is -0.0307. The Morgan fingerprint density at radius 2 is 1.34 bits per heavy atom. The van der Waals surface area contributed by atoms with Crippen molar-refractivity contribution < 1.29 is 4.74 Å². The normalized spacial score (nSPS) is 29.3. The predicted octanol–water partition coefficient (Wildman–Crippen LogP) is 11.7. The molecule has 0 saturated heterocycles. The van der Waals surface area contributed by atoms with E-state index in [2.05, 4.69) is 148 Å². The molecule has 0 aromatic carbocycles. The van der Waals surface area contributed by atoms with Crippen LogP contribution in [-0.4, -0.2) is 11.7 Å². The molecule has 0 N–H and O–H groups in total. The lowest BCUT2D eigenvalue weighted by Gasteiger charge is -2.42. The highest BCUT2D eigenvalue weighted by Crippen LogP contribution is 2.52. The van der Waals surface area contributed by atoms with E-state index in [1.54, 1.807) is 0 Å². The van der Waals surface area contributed by atoms with Crippen molar-refractivity contribution in [3.05, 3.63) is 112 Å². The third kappa shape index (κ3) is 9.19. The number of hydrogen-bond donors (Lipinski definition) is 0. The molecular formula is C40H56O. The van der Waals surface area contributed by atoms with Gasteiger partial charge in [-0.2, -0.15) is 0 Å². The van der Waals surface area contributed by atoms with Crippen molar-refractivity contribution in [2.45, 2.75) is 119 Å². The van der Waals surface area contributed by atoms with E-state index < -0.39 is 0 Å². The molecule has 0 aromatic rings. The summed E-state index contributed by atoms with van der Waals surface area (Å²) < 4.78 is 6.56. The second-order valence-corrected chi connectivity index (χ2v) is 14.2. The first-order valence-electron chi connectivity index (χ1n) is 15.8. The van der Waals surface area contributed by atoms with Gasteiger partial charge in [-0.25, -0.2) is 0 Å². The molecule has 0 spiro atoms. The first-order valence-corrected chi connectivity index (χ1v) is 15.8. The molecule has 2 aliphatic carbocycles. The maximum Gasteiger partial charge on any atom is 0.0982 e. The minimum absolute atomic E-state index is 0.0850. The highest BCUT2D eigenvalue weighted by Gasteiger charge is 2.47.